The van der Waals surface area contributed by atoms with Gasteiger partial charge in [0, 0.05) is 5.39 Å². The molecule has 0 fully saturated rings. The summed E-state index contributed by atoms with van der Waals surface area (Å²) in [6.07, 6.45) is 0. The number of nitrogens with one attached hydrogen (secondary N) is 1. The van der Waals surface area contributed by atoms with Gasteiger partial charge in [0.15, 0.2) is 0 Å². The van der Waals surface area contributed by atoms with Gasteiger partial charge in [-0.2, -0.15) is 0 Å². The summed E-state index contributed by atoms with van der Waals surface area (Å²) in [5.41, 5.74) is 4.60. The Morgan fingerprint density at radius 3 is 3.00 bits per heavy atom. The van der Waals surface area contributed by atoms with Crippen molar-refractivity contribution in [2.75, 3.05) is 0 Å². The lowest BCUT2D eigenvalue weighted by Gasteiger charge is -1.93. The number of H-pyrrole nitrogens is 1. The van der Waals surface area contributed by atoms with Crippen LogP contribution in [0, 0.1) is 0 Å². The number of thiophene rings is 1. The molecular formula is C8H6N2O2S. The van der Waals surface area contributed by atoms with Crippen molar-refractivity contribution in [2.24, 2.45) is 5.73 Å². The average Bonchev–Trinajstić information content (AvgIpc) is 2.48. The fraction of sp³-hybridized carbons (Fsp3) is 0. The molecule has 3 N–H and O–H groups in total. The second kappa shape index (κ2) is 2.70. The quantitative estimate of drug-likeness (QED) is 0.700. The van der Waals surface area contributed by atoms with E-state index in [2.05, 4.69) is 4.98 Å². The lowest BCUT2D eigenvalue weighted by Crippen LogP contribution is -2.22. The van der Waals surface area contributed by atoms with Crippen LogP contribution in [0.1, 0.15) is 10.4 Å². The van der Waals surface area contributed by atoms with E-state index in [0.29, 0.717) is 0 Å². The third kappa shape index (κ3) is 1.23. The van der Waals surface area contributed by atoms with E-state index in [1.165, 1.54) is 17.4 Å². The predicted octanol–water partition coefficient (Wildman–Crippen LogP) is 0.688. The van der Waals surface area contributed by atoms with E-state index in [4.69, 9.17) is 5.73 Å². The van der Waals surface area contributed by atoms with Gasteiger partial charge in [0.05, 0.1) is 0 Å². The average molecular weight is 194 g/mol. The number of aromatic nitrogens is 1. The largest absolute Gasteiger partial charge is 0.365 e. The summed E-state index contributed by atoms with van der Waals surface area (Å²) >= 11 is 1.41. The van der Waals surface area contributed by atoms with E-state index in [1.54, 1.807) is 0 Å². The summed E-state index contributed by atoms with van der Waals surface area (Å²) < 4.78 is 0. The van der Waals surface area contributed by atoms with Gasteiger partial charge in [-0.15, -0.1) is 11.3 Å². The molecule has 2 aromatic heterocycles. The lowest BCUT2D eigenvalue weighted by atomic mass is 10.2. The molecule has 5 heteroatoms. The molecule has 1 amide bonds. The van der Waals surface area contributed by atoms with Crippen molar-refractivity contribution < 1.29 is 4.79 Å². The number of aromatic amines is 1. The zero-order chi connectivity index (χ0) is 9.42. The van der Waals surface area contributed by atoms with Crippen LogP contribution in [-0.2, 0) is 0 Å². The van der Waals surface area contributed by atoms with Crippen LogP contribution in [0.25, 0.3) is 10.2 Å². The van der Waals surface area contributed by atoms with Gasteiger partial charge in [-0.1, -0.05) is 0 Å². The molecule has 13 heavy (non-hydrogen) atoms. The number of hydrogen-bond acceptors (Lipinski definition) is 3. The summed E-state index contributed by atoms with van der Waals surface area (Å²) in [6, 6.07) is 3.33. The van der Waals surface area contributed by atoms with E-state index in [-0.39, 0.29) is 5.56 Å². The molecule has 0 atom stereocenters. The number of hydrogen-bond donors (Lipinski definition) is 2. The Kier molecular flexibility index (Phi) is 1.66. The van der Waals surface area contributed by atoms with Crippen LogP contribution in [0.3, 0.4) is 0 Å². The van der Waals surface area contributed by atoms with E-state index >= 15 is 0 Å². The summed E-state index contributed by atoms with van der Waals surface area (Å²) in [6.45, 7) is 0. The molecule has 0 aromatic carbocycles. The molecule has 2 rings (SSSR count). The maximum absolute atomic E-state index is 11.2. The number of pyridine rings is 1. The van der Waals surface area contributed by atoms with Gasteiger partial charge in [-0.25, -0.2) is 0 Å². The molecule has 0 aliphatic rings. The van der Waals surface area contributed by atoms with Crippen LogP contribution in [0.5, 0.6) is 0 Å². The van der Waals surface area contributed by atoms with Crippen LogP contribution in [0.2, 0.25) is 0 Å². The van der Waals surface area contributed by atoms with E-state index in [9.17, 15) is 9.59 Å². The van der Waals surface area contributed by atoms with Crippen LogP contribution in [0.4, 0.5) is 0 Å². The second-order valence-corrected chi connectivity index (χ2v) is 3.50. The first-order chi connectivity index (χ1) is 6.18. The highest BCUT2D eigenvalue weighted by Crippen LogP contribution is 2.16. The number of amides is 1. The topological polar surface area (TPSA) is 76.0 Å². The van der Waals surface area contributed by atoms with E-state index in [1.807, 2.05) is 11.4 Å². The zero-order valence-electron chi connectivity index (χ0n) is 6.53. The van der Waals surface area contributed by atoms with Crippen molar-refractivity contribution in [1.82, 2.24) is 4.98 Å². The normalized spacial score (nSPS) is 10.5. The van der Waals surface area contributed by atoms with Gasteiger partial charge in [0.25, 0.3) is 11.5 Å². The monoisotopic (exact) mass is 194 g/mol. The van der Waals surface area contributed by atoms with Gasteiger partial charge in [-0.3, -0.25) is 9.59 Å². The number of fused-ring (bicyclic) bond motifs is 1. The molecule has 0 aliphatic carbocycles. The minimum absolute atomic E-state index is 0.00546. The fourth-order valence-electron chi connectivity index (χ4n) is 1.11. The number of primary amides is 1. The summed E-state index contributed by atoms with van der Waals surface area (Å²) in [5, 5.41) is 2.67. The lowest BCUT2D eigenvalue weighted by molar-refractivity contribution is 0.0999. The standard InChI is InChI=1S/C8H6N2O2S/c9-6(11)5-3-4-1-2-13-8(4)10-7(5)12/h1-3H,(H2,9,11)(H,10,12). The van der Waals surface area contributed by atoms with Crippen molar-refractivity contribution in [1.29, 1.82) is 0 Å². The third-order valence-corrected chi connectivity index (χ3v) is 2.58. The van der Waals surface area contributed by atoms with E-state index in [0.717, 1.165) is 10.2 Å². The zero-order valence-corrected chi connectivity index (χ0v) is 7.35. The Hall–Kier alpha value is -1.62. The van der Waals surface area contributed by atoms with Gasteiger partial charge in [-0.05, 0) is 17.5 Å². The summed E-state index contributed by atoms with van der Waals surface area (Å²) in [7, 11) is 0. The van der Waals surface area contributed by atoms with Crippen molar-refractivity contribution in [2.45, 2.75) is 0 Å². The molecular weight excluding hydrogens is 188 g/mol. The first-order valence-electron chi connectivity index (χ1n) is 3.59. The number of nitrogens with two attached hydrogens (primary N) is 1. The Bertz CT molecular complexity index is 526. The molecule has 0 unspecified atom stereocenters. The molecule has 0 radical (unpaired) electrons. The van der Waals surface area contributed by atoms with Gasteiger partial charge in [0.2, 0.25) is 0 Å². The maximum Gasteiger partial charge on any atom is 0.261 e. The molecule has 2 heterocycles. The van der Waals surface area contributed by atoms with Gasteiger partial charge in [0.1, 0.15) is 10.4 Å². The summed E-state index contributed by atoms with van der Waals surface area (Å²) in [4.78, 5) is 25.4. The highest BCUT2D eigenvalue weighted by Gasteiger charge is 2.07. The predicted molar refractivity (Wildman–Crippen MR) is 51.0 cm³/mol. The summed E-state index contributed by atoms with van der Waals surface area (Å²) in [5.74, 6) is -0.700. The molecule has 0 spiro atoms. The van der Waals surface area contributed by atoms with Crippen molar-refractivity contribution in [3.63, 3.8) is 0 Å². The fourth-order valence-corrected chi connectivity index (χ4v) is 1.87. The van der Waals surface area contributed by atoms with Crippen LogP contribution in [0.15, 0.2) is 22.3 Å². The number of rotatable bonds is 1. The van der Waals surface area contributed by atoms with Crippen molar-refractivity contribution >= 4 is 27.5 Å². The van der Waals surface area contributed by atoms with Gasteiger partial charge < -0.3 is 10.7 Å². The van der Waals surface area contributed by atoms with Crippen LogP contribution in [-0.4, -0.2) is 10.9 Å². The smallest absolute Gasteiger partial charge is 0.261 e. The van der Waals surface area contributed by atoms with Crippen molar-refractivity contribution in [3.8, 4) is 0 Å². The second-order valence-electron chi connectivity index (χ2n) is 2.58. The molecule has 2 aromatic rings. The van der Waals surface area contributed by atoms with Crippen molar-refractivity contribution in [3.05, 3.63) is 33.4 Å². The minimum atomic E-state index is -0.700. The molecule has 0 bridgehead atoms. The SMILES string of the molecule is NC(=O)c1cc2ccsc2[nH]c1=O. The van der Waals surface area contributed by atoms with Crippen LogP contribution < -0.4 is 11.3 Å². The molecule has 0 saturated carbocycles. The molecule has 0 aliphatic heterocycles. The highest BCUT2D eigenvalue weighted by atomic mass is 32.1. The number of carbonyl (C=O) groups is 1. The highest BCUT2D eigenvalue weighted by molar-refractivity contribution is 7.16. The Morgan fingerprint density at radius 2 is 2.31 bits per heavy atom. The van der Waals surface area contributed by atoms with Crippen LogP contribution >= 0.6 is 11.3 Å². The van der Waals surface area contributed by atoms with E-state index < -0.39 is 11.5 Å². The maximum atomic E-state index is 11.2. The molecule has 66 valence electrons. The Labute approximate surface area is 77.0 Å². The Balaban J connectivity index is 2.84. The third-order valence-electron chi connectivity index (χ3n) is 1.73. The molecule has 0 saturated heterocycles. The first kappa shape index (κ1) is 8.00. The first-order valence-corrected chi connectivity index (χ1v) is 4.47. The Morgan fingerprint density at radius 1 is 1.54 bits per heavy atom. The van der Waals surface area contributed by atoms with Gasteiger partial charge >= 0.3 is 0 Å². The number of carbonyl (C=O) groups excluding carboxylic acids is 1. The molecule has 4 nitrogen and oxygen atoms in total. The minimum Gasteiger partial charge on any atom is -0.365 e.